The third-order valence-electron chi connectivity index (χ3n) is 4.25. The normalized spacial score (nSPS) is 18.2. The van der Waals surface area contributed by atoms with Gasteiger partial charge in [-0.3, -0.25) is 4.79 Å². The number of morpholine rings is 1. The molecule has 1 fully saturated rings. The fourth-order valence-electron chi connectivity index (χ4n) is 2.84. The van der Waals surface area contributed by atoms with E-state index in [-0.39, 0.29) is 11.8 Å². The van der Waals surface area contributed by atoms with Crippen LogP contribution in [0.15, 0.2) is 28.9 Å². The molecule has 0 unspecified atom stereocenters. The van der Waals surface area contributed by atoms with Crippen molar-refractivity contribution in [1.29, 1.82) is 0 Å². The van der Waals surface area contributed by atoms with Gasteiger partial charge in [0.2, 0.25) is 11.8 Å². The molecule has 25 heavy (non-hydrogen) atoms. The van der Waals surface area contributed by atoms with Crippen molar-refractivity contribution < 1.29 is 13.9 Å². The highest BCUT2D eigenvalue weighted by atomic mass is 16.5. The van der Waals surface area contributed by atoms with E-state index in [1.165, 1.54) is 0 Å². The van der Waals surface area contributed by atoms with Gasteiger partial charge in [-0.15, -0.1) is 10.2 Å². The molecule has 0 spiro atoms. The molecule has 1 aliphatic rings. The topological polar surface area (TPSA) is 97.1 Å². The van der Waals surface area contributed by atoms with E-state index in [9.17, 15) is 4.79 Å². The van der Waals surface area contributed by atoms with Gasteiger partial charge in [0.25, 0.3) is 5.91 Å². The number of H-pyrrole nitrogens is 1. The second-order valence-corrected chi connectivity index (χ2v) is 6.38. The van der Waals surface area contributed by atoms with Crippen LogP contribution in [0, 0.1) is 0 Å². The van der Waals surface area contributed by atoms with Crippen molar-refractivity contribution in [3.8, 4) is 0 Å². The Kier molecular flexibility index (Phi) is 3.96. The van der Waals surface area contributed by atoms with Crippen LogP contribution in [0.4, 0.5) is 0 Å². The monoisotopic (exact) mass is 341 g/mol. The molecule has 1 N–H and O–H groups in total. The molecule has 130 valence electrons. The third-order valence-corrected chi connectivity index (χ3v) is 4.25. The van der Waals surface area contributed by atoms with E-state index in [1.54, 1.807) is 17.3 Å². The van der Waals surface area contributed by atoms with Crippen molar-refractivity contribution in [2.75, 3.05) is 19.7 Å². The van der Waals surface area contributed by atoms with Crippen LogP contribution in [0.3, 0.4) is 0 Å². The van der Waals surface area contributed by atoms with Gasteiger partial charge in [0, 0.05) is 18.0 Å². The fourth-order valence-corrected chi connectivity index (χ4v) is 2.84. The third kappa shape index (κ3) is 3.00. The largest absolute Gasteiger partial charge is 0.422 e. The maximum Gasteiger partial charge on any atom is 0.254 e. The molecule has 0 saturated carbocycles. The minimum absolute atomic E-state index is 0.0478. The van der Waals surface area contributed by atoms with Crippen molar-refractivity contribution in [2.45, 2.75) is 25.9 Å². The quantitative estimate of drug-likeness (QED) is 0.785. The summed E-state index contributed by atoms with van der Waals surface area (Å²) in [5.74, 6) is 1.11. The van der Waals surface area contributed by atoms with Crippen molar-refractivity contribution >= 4 is 16.9 Å². The van der Waals surface area contributed by atoms with E-state index >= 15 is 0 Å². The number of carbonyl (C=O) groups is 1. The average Bonchev–Trinajstić information content (AvgIpc) is 3.30. The predicted molar refractivity (Wildman–Crippen MR) is 89.1 cm³/mol. The summed E-state index contributed by atoms with van der Waals surface area (Å²) in [5.41, 5.74) is 2.29. The molecule has 4 rings (SSSR count). The van der Waals surface area contributed by atoms with Crippen molar-refractivity contribution in [3.05, 3.63) is 41.9 Å². The highest BCUT2D eigenvalue weighted by Gasteiger charge is 2.30. The van der Waals surface area contributed by atoms with Gasteiger partial charge in [0.15, 0.2) is 6.10 Å². The van der Waals surface area contributed by atoms with E-state index in [4.69, 9.17) is 9.15 Å². The van der Waals surface area contributed by atoms with E-state index in [0.717, 1.165) is 11.0 Å². The first-order valence-electron chi connectivity index (χ1n) is 8.29. The number of amides is 1. The Morgan fingerprint density at radius 2 is 2.24 bits per heavy atom. The highest BCUT2D eigenvalue weighted by Crippen LogP contribution is 2.24. The molecule has 1 atom stereocenters. The zero-order chi connectivity index (χ0) is 17.4. The predicted octanol–water partition coefficient (Wildman–Crippen LogP) is 2.28. The number of nitrogens with zero attached hydrogens (tertiary/aromatic N) is 4. The van der Waals surface area contributed by atoms with Gasteiger partial charge >= 0.3 is 0 Å². The van der Waals surface area contributed by atoms with Gasteiger partial charge in [-0.05, 0) is 18.2 Å². The Morgan fingerprint density at radius 1 is 1.36 bits per heavy atom. The Bertz CT molecular complexity index is 900. The van der Waals surface area contributed by atoms with Crippen molar-refractivity contribution in [1.82, 2.24) is 25.1 Å². The number of fused-ring (bicyclic) bond motifs is 1. The second-order valence-electron chi connectivity index (χ2n) is 6.38. The van der Waals surface area contributed by atoms with Crippen LogP contribution in [-0.2, 0) is 4.74 Å². The standard InChI is InChI=1S/C17H19N5O3/c1-10(2)15-20-21-16(25-15)14-8-22(5-6-24-14)17(23)11-3-4-12-13(7-11)19-9-18-12/h3-4,7,9-10,14H,5-6,8H2,1-2H3,(H,18,19)/t14-/m1/s1. The molecule has 1 aromatic carbocycles. The zero-order valence-corrected chi connectivity index (χ0v) is 14.1. The summed E-state index contributed by atoms with van der Waals surface area (Å²) in [5, 5.41) is 8.10. The lowest BCUT2D eigenvalue weighted by molar-refractivity contribution is -0.0351. The summed E-state index contributed by atoms with van der Waals surface area (Å²) < 4.78 is 11.4. The number of benzene rings is 1. The number of carbonyl (C=O) groups excluding carboxylic acids is 1. The summed E-state index contributed by atoms with van der Waals surface area (Å²) in [4.78, 5) is 21.8. The van der Waals surface area contributed by atoms with Crippen LogP contribution in [0.25, 0.3) is 11.0 Å². The summed E-state index contributed by atoms with van der Waals surface area (Å²) in [6, 6.07) is 5.45. The van der Waals surface area contributed by atoms with Gasteiger partial charge in [-0.25, -0.2) is 4.98 Å². The van der Waals surface area contributed by atoms with Gasteiger partial charge in [0.05, 0.1) is 30.5 Å². The van der Waals surface area contributed by atoms with Crippen LogP contribution in [0.5, 0.6) is 0 Å². The number of aromatic amines is 1. The molecule has 0 aliphatic carbocycles. The van der Waals surface area contributed by atoms with E-state index in [0.29, 0.717) is 37.0 Å². The summed E-state index contributed by atoms with van der Waals surface area (Å²) in [6.45, 7) is 5.32. The molecule has 8 heteroatoms. The molecule has 3 heterocycles. The van der Waals surface area contributed by atoms with Gasteiger partial charge in [-0.1, -0.05) is 13.8 Å². The molecule has 0 bridgehead atoms. The number of aromatic nitrogens is 4. The number of hydrogen-bond acceptors (Lipinski definition) is 6. The summed E-state index contributed by atoms with van der Waals surface area (Å²) in [7, 11) is 0. The number of hydrogen-bond donors (Lipinski definition) is 1. The first-order valence-corrected chi connectivity index (χ1v) is 8.29. The van der Waals surface area contributed by atoms with Crippen LogP contribution >= 0.6 is 0 Å². The first kappa shape index (κ1) is 15.8. The lowest BCUT2D eigenvalue weighted by atomic mass is 10.1. The van der Waals surface area contributed by atoms with E-state index in [2.05, 4.69) is 20.2 Å². The van der Waals surface area contributed by atoms with E-state index < -0.39 is 6.10 Å². The van der Waals surface area contributed by atoms with Gasteiger partial charge in [-0.2, -0.15) is 0 Å². The fraction of sp³-hybridized carbons (Fsp3) is 0.412. The Hall–Kier alpha value is -2.74. The highest BCUT2D eigenvalue weighted by molar-refractivity contribution is 5.97. The maximum atomic E-state index is 12.8. The Labute approximate surface area is 144 Å². The van der Waals surface area contributed by atoms with Crippen molar-refractivity contribution in [3.63, 3.8) is 0 Å². The van der Waals surface area contributed by atoms with Crippen LogP contribution in [0.2, 0.25) is 0 Å². The van der Waals surface area contributed by atoms with Crippen molar-refractivity contribution in [2.24, 2.45) is 0 Å². The molecule has 1 aliphatic heterocycles. The smallest absolute Gasteiger partial charge is 0.254 e. The number of ether oxygens (including phenoxy) is 1. The number of rotatable bonds is 3. The molecule has 0 radical (unpaired) electrons. The molecule has 2 aromatic heterocycles. The minimum Gasteiger partial charge on any atom is -0.422 e. The average molecular weight is 341 g/mol. The van der Waals surface area contributed by atoms with Crippen LogP contribution < -0.4 is 0 Å². The number of imidazole rings is 1. The SMILES string of the molecule is CC(C)c1nnc([C@H]2CN(C(=O)c3ccc4nc[nH]c4c3)CCO2)o1. The minimum atomic E-state index is -0.395. The molecule has 1 saturated heterocycles. The Morgan fingerprint density at radius 3 is 3.04 bits per heavy atom. The summed E-state index contributed by atoms with van der Waals surface area (Å²) >= 11 is 0. The lowest BCUT2D eigenvalue weighted by Crippen LogP contribution is -2.42. The molecule has 1 amide bonds. The zero-order valence-electron chi connectivity index (χ0n) is 14.1. The summed E-state index contributed by atoms with van der Waals surface area (Å²) in [6.07, 6.45) is 1.22. The van der Waals surface area contributed by atoms with Crippen LogP contribution in [-0.4, -0.2) is 50.7 Å². The number of nitrogens with one attached hydrogen (secondary N) is 1. The molecular weight excluding hydrogens is 322 g/mol. The van der Waals surface area contributed by atoms with Gasteiger partial charge < -0.3 is 19.0 Å². The maximum absolute atomic E-state index is 12.8. The van der Waals surface area contributed by atoms with Gasteiger partial charge in [0.1, 0.15) is 0 Å². The first-order chi connectivity index (χ1) is 12.1. The second kappa shape index (κ2) is 6.29. The molecule has 3 aromatic rings. The Balaban J connectivity index is 1.52. The van der Waals surface area contributed by atoms with E-state index in [1.807, 2.05) is 26.0 Å². The lowest BCUT2D eigenvalue weighted by Gasteiger charge is -2.31. The molecule has 8 nitrogen and oxygen atoms in total. The van der Waals surface area contributed by atoms with Crippen LogP contribution in [0.1, 0.15) is 48.0 Å². The molecular formula is C17H19N5O3.